The number of hydrogen-bond acceptors (Lipinski definition) is 7. The highest BCUT2D eigenvalue weighted by Crippen LogP contribution is 2.28. The summed E-state index contributed by atoms with van der Waals surface area (Å²) in [4.78, 5) is 61.0. The van der Waals surface area contributed by atoms with Gasteiger partial charge in [0.05, 0.1) is 11.1 Å². The zero-order valence-corrected chi connectivity index (χ0v) is 25.6. The Bertz CT molecular complexity index is 1510. The lowest BCUT2D eigenvalue weighted by Gasteiger charge is -2.35. The van der Waals surface area contributed by atoms with E-state index < -0.39 is 35.6 Å². The molecular formula is C31H34F3N5O7. The number of aliphatic imine (C=N–C) groups is 1. The van der Waals surface area contributed by atoms with Crippen molar-refractivity contribution in [1.29, 1.82) is 0 Å². The zero-order chi connectivity index (χ0) is 33.2. The minimum absolute atomic E-state index is 0.00620. The number of nitrogens with one attached hydrogen (secondary N) is 1. The first kappa shape index (κ1) is 32.7. The molecule has 2 aromatic rings. The van der Waals surface area contributed by atoms with Gasteiger partial charge < -0.3 is 24.6 Å². The lowest BCUT2D eigenvalue weighted by atomic mass is 10.1. The fraction of sp³-hybridized carbons (Fsp3) is 0.452. The number of alkyl halides is 3. The van der Waals surface area contributed by atoms with E-state index in [1.807, 2.05) is 0 Å². The number of benzene rings is 2. The Balaban J connectivity index is 1.17. The molecule has 0 aliphatic carbocycles. The molecule has 4 amide bonds. The fourth-order valence-corrected chi connectivity index (χ4v) is 5.25. The maximum Gasteiger partial charge on any atom is 0.473 e. The van der Waals surface area contributed by atoms with Gasteiger partial charge >= 0.3 is 18.2 Å². The second kappa shape index (κ2) is 13.0. The van der Waals surface area contributed by atoms with Gasteiger partial charge in [0, 0.05) is 32.2 Å². The molecule has 15 heteroatoms. The molecule has 46 heavy (non-hydrogen) atoms. The third kappa shape index (κ3) is 7.58. The van der Waals surface area contributed by atoms with E-state index in [2.05, 4.69) is 10.3 Å². The largest absolute Gasteiger partial charge is 0.491 e. The van der Waals surface area contributed by atoms with Crippen LogP contribution in [0.5, 0.6) is 5.75 Å². The van der Waals surface area contributed by atoms with Crippen molar-refractivity contribution in [1.82, 2.24) is 20.2 Å². The Hall–Kier alpha value is -4.66. The summed E-state index contributed by atoms with van der Waals surface area (Å²) in [5, 5.41) is 3.71. The van der Waals surface area contributed by atoms with Crippen molar-refractivity contribution < 1.29 is 46.7 Å². The number of piperidine rings is 1. The molecule has 2 aromatic carbocycles. The highest BCUT2D eigenvalue weighted by atomic mass is 19.4. The van der Waals surface area contributed by atoms with E-state index in [4.69, 9.17) is 14.3 Å². The highest BCUT2D eigenvalue weighted by molar-refractivity contribution is 6.20. The summed E-state index contributed by atoms with van der Waals surface area (Å²) in [6.07, 6.45) is -4.77. The number of amides is 4. The van der Waals surface area contributed by atoms with Crippen molar-refractivity contribution in [3.63, 3.8) is 0 Å². The van der Waals surface area contributed by atoms with E-state index in [-0.39, 0.29) is 49.4 Å². The molecule has 12 nitrogen and oxygen atoms in total. The number of carbonyl (C=O) groups is 4. The molecule has 1 saturated heterocycles. The van der Waals surface area contributed by atoms with Crippen LogP contribution in [-0.4, -0.2) is 88.8 Å². The van der Waals surface area contributed by atoms with Gasteiger partial charge in [-0.2, -0.15) is 18.2 Å². The van der Waals surface area contributed by atoms with Gasteiger partial charge in [0.15, 0.2) is 0 Å². The lowest BCUT2D eigenvalue weighted by molar-refractivity contribution is -0.169. The highest BCUT2D eigenvalue weighted by Gasteiger charge is 2.40. The van der Waals surface area contributed by atoms with Crippen LogP contribution in [0.3, 0.4) is 0 Å². The van der Waals surface area contributed by atoms with Crippen LogP contribution in [0.4, 0.5) is 18.0 Å². The molecule has 5 rings (SSSR count). The Morgan fingerprint density at radius 3 is 2.15 bits per heavy atom. The van der Waals surface area contributed by atoms with Crippen LogP contribution >= 0.6 is 0 Å². The third-order valence-corrected chi connectivity index (χ3v) is 7.46. The lowest BCUT2D eigenvalue weighted by Crippen LogP contribution is -2.51. The Morgan fingerprint density at radius 2 is 1.54 bits per heavy atom. The van der Waals surface area contributed by atoms with E-state index in [1.165, 1.54) is 0 Å². The molecular weight excluding hydrogens is 611 g/mol. The molecule has 0 unspecified atom stereocenters. The molecule has 0 aromatic heterocycles. The van der Waals surface area contributed by atoms with Gasteiger partial charge in [0.25, 0.3) is 11.8 Å². The van der Waals surface area contributed by atoms with Crippen molar-refractivity contribution in [3.05, 3.63) is 64.7 Å². The number of likely N-dealkylation sites (tertiary alicyclic amines) is 1. The number of carbonyl (C=O) groups excluding carboxylic acids is 4. The fourth-order valence-electron chi connectivity index (χ4n) is 5.25. The molecule has 3 heterocycles. The van der Waals surface area contributed by atoms with E-state index in [9.17, 15) is 32.3 Å². The number of imide groups is 1. The van der Waals surface area contributed by atoms with E-state index in [0.717, 1.165) is 11.1 Å². The average molecular weight is 646 g/mol. The van der Waals surface area contributed by atoms with Gasteiger partial charge in [0.1, 0.15) is 24.6 Å². The monoisotopic (exact) mass is 645 g/mol. The molecule has 246 valence electrons. The molecule has 0 atom stereocenters. The Kier molecular flexibility index (Phi) is 9.24. The summed E-state index contributed by atoms with van der Waals surface area (Å²) < 4.78 is 50.7. The number of halogens is 3. The van der Waals surface area contributed by atoms with Crippen LogP contribution in [0.15, 0.2) is 47.5 Å². The van der Waals surface area contributed by atoms with Gasteiger partial charge in [-0.15, -0.1) is 5.06 Å². The quantitative estimate of drug-likeness (QED) is 0.214. The maximum absolute atomic E-state index is 13.2. The predicted octanol–water partition coefficient (Wildman–Crippen LogP) is 4.04. The molecule has 0 radical (unpaired) electrons. The van der Waals surface area contributed by atoms with Gasteiger partial charge in [0.2, 0.25) is 5.96 Å². The van der Waals surface area contributed by atoms with E-state index in [1.54, 1.807) is 73.0 Å². The SMILES string of the molecule is CC(C)(C)OC(=O)N1CCC(N/C(=N/C(=O)C(F)(F)F)N2Cc3ccc(OCCON4C(=O)c5ccccc5C4=O)cc3C2)CC1. The minimum Gasteiger partial charge on any atom is -0.491 e. The normalized spacial score (nSPS) is 17.3. The summed E-state index contributed by atoms with van der Waals surface area (Å²) in [7, 11) is 0. The van der Waals surface area contributed by atoms with Crippen LogP contribution < -0.4 is 10.1 Å². The summed E-state index contributed by atoms with van der Waals surface area (Å²) >= 11 is 0. The second-order valence-corrected chi connectivity index (χ2v) is 12.0. The summed E-state index contributed by atoms with van der Waals surface area (Å²) in [6.45, 7) is 6.21. The first-order valence-corrected chi connectivity index (χ1v) is 14.7. The van der Waals surface area contributed by atoms with Crippen LogP contribution in [0.2, 0.25) is 0 Å². The van der Waals surface area contributed by atoms with Gasteiger partial charge in [-0.1, -0.05) is 18.2 Å². The zero-order valence-electron chi connectivity index (χ0n) is 25.6. The Morgan fingerprint density at radius 1 is 0.913 bits per heavy atom. The number of hydrogen-bond donors (Lipinski definition) is 1. The average Bonchev–Trinajstić information content (AvgIpc) is 3.52. The number of ether oxygens (including phenoxy) is 2. The molecule has 1 N–H and O–H groups in total. The van der Waals surface area contributed by atoms with E-state index in [0.29, 0.717) is 36.7 Å². The van der Waals surface area contributed by atoms with Gasteiger partial charge in [-0.05, 0) is 69.0 Å². The predicted molar refractivity (Wildman–Crippen MR) is 157 cm³/mol. The van der Waals surface area contributed by atoms with Crippen LogP contribution in [-0.2, 0) is 27.5 Å². The van der Waals surface area contributed by atoms with Crippen molar-refractivity contribution in [2.45, 2.75) is 64.5 Å². The minimum atomic E-state index is -5.14. The van der Waals surface area contributed by atoms with Crippen molar-refractivity contribution in [2.75, 3.05) is 26.3 Å². The van der Waals surface area contributed by atoms with Crippen LogP contribution in [0, 0.1) is 0 Å². The number of nitrogens with zero attached hydrogens (tertiary/aromatic N) is 4. The molecule has 3 aliphatic heterocycles. The van der Waals surface area contributed by atoms with Crippen LogP contribution in [0.25, 0.3) is 0 Å². The summed E-state index contributed by atoms with van der Waals surface area (Å²) in [6, 6.07) is 11.2. The third-order valence-electron chi connectivity index (χ3n) is 7.46. The number of rotatable bonds is 6. The molecule has 0 bridgehead atoms. The van der Waals surface area contributed by atoms with Crippen molar-refractivity contribution >= 4 is 29.8 Å². The molecule has 1 fully saturated rings. The number of hydroxylamine groups is 2. The molecule has 0 spiro atoms. The van der Waals surface area contributed by atoms with Crippen molar-refractivity contribution in [3.8, 4) is 5.75 Å². The summed E-state index contributed by atoms with van der Waals surface area (Å²) in [5.41, 5.74) is 1.43. The van der Waals surface area contributed by atoms with Crippen molar-refractivity contribution in [2.24, 2.45) is 4.99 Å². The van der Waals surface area contributed by atoms with Gasteiger partial charge in [-0.3, -0.25) is 19.2 Å². The summed E-state index contributed by atoms with van der Waals surface area (Å²) in [5.74, 6) is -3.09. The molecule has 0 saturated carbocycles. The Labute approximate surface area is 263 Å². The van der Waals surface area contributed by atoms with Gasteiger partial charge in [-0.25, -0.2) is 4.79 Å². The number of guanidine groups is 1. The second-order valence-electron chi connectivity index (χ2n) is 12.0. The molecule has 3 aliphatic rings. The first-order valence-electron chi connectivity index (χ1n) is 14.7. The smallest absolute Gasteiger partial charge is 0.473 e. The maximum atomic E-state index is 13.2. The van der Waals surface area contributed by atoms with Crippen LogP contribution in [0.1, 0.15) is 65.5 Å². The standard InChI is InChI=1S/C31H34F3N5O7/c1-30(2,3)46-29(43)37-12-10-21(11-13-37)35-28(36-27(42)31(32,33)34)38-17-19-8-9-22(16-20(19)18-38)44-14-15-45-39-25(40)23-6-4-5-7-24(23)26(39)41/h4-9,16,21H,10-15,17-18H2,1-3H3,(H,35,36,42). The first-order chi connectivity index (χ1) is 21.7. The number of fused-ring (bicyclic) bond motifs is 2. The topological polar surface area (TPSA) is 130 Å². The van der Waals surface area contributed by atoms with E-state index >= 15 is 0 Å².